The normalized spacial score (nSPS) is 11.3. The average Bonchev–Trinajstić information content (AvgIpc) is 2.66. The number of carboxylic acids is 1. The molecule has 0 unspecified atom stereocenters. The number of carbonyl (C=O) groups is 3. The summed E-state index contributed by atoms with van der Waals surface area (Å²) < 4.78 is 18.7. The molecular weight excluding hydrogens is 355 g/mol. The number of carbonyl (C=O) groups excluding carboxylic acids is 2. The molecular formula is C19H19FN2O5. The predicted octanol–water partition coefficient (Wildman–Crippen LogP) is 2.92. The van der Waals surface area contributed by atoms with Crippen LogP contribution >= 0.6 is 0 Å². The Hall–Kier alpha value is -3.42. The summed E-state index contributed by atoms with van der Waals surface area (Å²) in [6, 6.07) is 13.3. The SMILES string of the molecule is O=C(O)CC[C@H](NC(=O)OCc1ccccc1)C(=O)Nc1ccccc1F. The first kappa shape index (κ1) is 19.9. The van der Waals surface area contributed by atoms with Gasteiger partial charge in [0.15, 0.2) is 0 Å². The van der Waals surface area contributed by atoms with Crippen LogP contribution in [0.3, 0.4) is 0 Å². The van der Waals surface area contributed by atoms with Crippen molar-refractivity contribution >= 4 is 23.7 Å². The predicted molar refractivity (Wildman–Crippen MR) is 95.5 cm³/mol. The Morgan fingerprint density at radius 2 is 1.70 bits per heavy atom. The first-order valence-corrected chi connectivity index (χ1v) is 8.20. The second-order valence-electron chi connectivity index (χ2n) is 5.66. The number of aliphatic carboxylic acids is 1. The largest absolute Gasteiger partial charge is 0.481 e. The van der Waals surface area contributed by atoms with E-state index in [0.29, 0.717) is 0 Å². The first-order valence-electron chi connectivity index (χ1n) is 8.20. The van der Waals surface area contributed by atoms with Crippen molar-refractivity contribution in [1.82, 2.24) is 5.32 Å². The number of carboxylic acid groups (broad SMARTS) is 1. The molecule has 0 aliphatic heterocycles. The number of rotatable bonds is 8. The number of halogens is 1. The van der Waals surface area contributed by atoms with E-state index in [1.165, 1.54) is 24.3 Å². The van der Waals surface area contributed by atoms with Gasteiger partial charge in [0.1, 0.15) is 18.5 Å². The van der Waals surface area contributed by atoms with Gasteiger partial charge < -0.3 is 20.5 Å². The number of amides is 2. The average molecular weight is 374 g/mol. The molecule has 3 N–H and O–H groups in total. The van der Waals surface area contributed by atoms with E-state index in [1.54, 1.807) is 24.3 Å². The van der Waals surface area contributed by atoms with Crippen molar-refractivity contribution in [1.29, 1.82) is 0 Å². The van der Waals surface area contributed by atoms with E-state index >= 15 is 0 Å². The van der Waals surface area contributed by atoms with Crippen molar-refractivity contribution in [3.05, 3.63) is 66.0 Å². The summed E-state index contributed by atoms with van der Waals surface area (Å²) in [5.41, 5.74) is 0.688. The number of alkyl carbamates (subject to hydrolysis) is 1. The second kappa shape index (κ2) is 9.91. The standard InChI is InChI=1S/C19H19FN2O5/c20-14-8-4-5-9-15(14)21-18(25)16(10-11-17(23)24)22-19(26)27-12-13-6-2-1-3-7-13/h1-9,16H,10-12H2,(H,21,25)(H,22,26)(H,23,24)/t16-/m0/s1. The van der Waals surface area contributed by atoms with Gasteiger partial charge in [0.25, 0.3) is 0 Å². The van der Waals surface area contributed by atoms with Crippen molar-refractivity contribution in [2.24, 2.45) is 0 Å². The zero-order valence-electron chi connectivity index (χ0n) is 14.4. The van der Waals surface area contributed by atoms with Crippen molar-refractivity contribution < 1.29 is 28.6 Å². The highest BCUT2D eigenvalue weighted by molar-refractivity contribution is 5.96. The summed E-state index contributed by atoms with van der Waals surface area (Å²) in [5, 5.41) is 13.5. The molecule has 142 valence electrons. The summed E-state index contributed by atoms with van der Waals surface area (Å²) in [6.45, 7) is -0.00669. The van der Waals surface area contributed by atoms with Gasteiger partial charge in [0.05, 0.1) is 5.69 Å². The maximum absolute atomic E-state index is 13.7. The minimum absolute atomic E-state index is 0.00669. The number of ether oxygens (including phenoxy) is 1. The van der Waals surface area contributed by atoms with Gasteiger partial charge in [-0.15, -0.1) is 0 Å². The van der Waals surface area contributed by atoms with Gasteiger partial charge >= 0.3 is 12.1 Å². The highest BCUT2D eigenvalue weighted by atomic mass is 19.1. The minimum Gasteiger partial charge on any atom is -0.481 e. The number of hydrogen-bond acceptors (Lipinski definition) is 4. The quantitative estimate of drug-likeness (QED) is 0.659. The van der Waals surface area contributed by atoms with Crippen LogP contribution in [0.5, 0.6) is 0 Å². The summed E-state index contributed by atoms with van der Waals surface area (Å²) in [6.07, 6.45) is -1.40. The van der Waals surface area contributed by atoms with Crippen molar-refractivity contribution in [3.63, 3.8) is 0 Å². The Morgan fingerprint density at radius 3 is 2.37 bits per heavy atom. The summed E-state index contributed by atoms with van der Waals surface area (Å²) in [7, 11) is 0. The monoisotopic (exact) mass is 374 g/mol. The van der Waals surface area contributed by atoms with Crippen LogP contribution in [-0.2, 0) is 20.9 Å². The molecule has 0 aromatic heterocycles. The smallest absolute Gasteiger partial charge is 0.408 e. The van der Waals surface area contributed by atoms with E-state index in [4.69, 9.17) is 9.84 Å². The molecule has 0 bridgehead atoms. The van der Waals surface area contributed by atoms with Gasteiger partial charge in [0, 0.05) is 6.42 Å². The number of nitrogens with one attached hydrogen (secondary N) is 2. The molecule has 0 spiro atoms. The topological polar surface area (TPSA) is 105 Å². The lowest BCUT2D eigenvalue weighted by molar-refractivity contribution is -0.137. The molecule has 27 heavy (non-hydrogen) atoms. The van der Waals surface area contributed by atoms with Crippen LogP contribution in [0.25, 0.3) is 0 Å². The van der Waals surface area contributed by atoms with E-state index in [2.05, 4.69) is 10.6 Å². The summed E-state index contributed by atoms with van der Waals surface area (Å²) >= 11 is 0. The lowest BCUT2D eigenvalue weighted by atomic mass is 10.1. The zero-order chi connectivity index (χ0) is 19.6. The van der Waals surface area contributed by atoms with Gasteiger partial charge in [-0.25, -0.2) is 9.18 Å². The molecule has 0 aliphatic rings. The van der Waals surface area contributed by atoms with Gasteiger partial charge in [-0.2, -0.15) is 0 Å². The van der Waals surface area contributed by atoms with Crippen LogP contribution < -0.4 is 10.6 Å². The van der Waals surface area contributed by atoms with Gasteiger partial charge in [-0.3, -0.25) is 9.59 Å². The molecule has 2 amide bonds. The fraction of sp³-hybridized carbons (Fsp3) is 0.211. The first-order chi connectivity index (χ1) is 13.0. The number of benzene rings is 2. The van der Waals surface area contributed by atoms with E-state index in [0.717, 1.165) is 5.56 Å². The summed E-state index contributed by atoms with van der Waals surface area (Å²) in [5.74, 6) is -2.51. The Bertz CT molecular complexity index is 798. The van der Waals surface area contributed by atoms with E-state index in [1.807, 2.05) is 6.07 Å². The molecule has 0 aliphatic carbocycles. The molecule has 7 nitrogen and oxygen atoms in total. The minimum atomic E-state index is -1.19. The molecule has 8 heteroatoms. The zero-order valence-corrected chi connectivity index (χ0v) is 14.4. The Balaban J connectivity index is 1.97. The van der Waals surface area contributed by atoms with Crippen molar-refractivity contribution in [3.8, 4) is 0 Å². The van der Waals surface area contributed by atoms with Crippen LogP contribution in [0.4, 0.5) is 14.9 Å². The third-order valence-electron chi connectivity index (χ3n) is 3.60. The molecule has 2 aromatic carbocycles. The molecule has 0 radical (unpaired) electrons. The highest BCUT2D eigenvalue weighted by Crippen LogP contribution is 2.13. The second-order valence-corrected chi connectivity index (χ2v) is 5.66. The number of para-hydroxylation sites is 1. The van der Waals surface area contributed by atoms with E-state index in [-0.39, 0.29) is 25.1 Å². The highest BCUT2D eigenvalue weighted by Gasteiger charge is 2.23. The number of hydrogen-bond donors (Lipinski definition) is 3. The van der Waals surface area contributed by atoms with Crippen molar-refractivity contribution in [2.75, 3.05) is 5.32 Å². The third-order valence-corrected chi connectivity index (χ3v) is 3.60. The van der Waals surface area contributed by atoms with E-state index < -0.39 is 29.8 Å². The Labute approximate surface area is 155 Å². The van der Waals surface area contributed by atoms with Gasteiger partial charge in [-0.1, -0.05) is 42.5 Å². The van der Waals surface area contributed by atoms with Gasteiger partial charge in [0.2, 0.25) is 5.91 Å². The van der Waals surface area contributed by atoms with Crippen molar-refractivity contribution in [2.45, 2.75) is 25.5 Å². The van der Waals surface area contributed by atoms with Crippen LogP contribution in [-0.4, -0.2) is 29.1 Å². The lowest BCUT2D eigenvalue weighted by Crippen LogP contribution is -2.44. The van der Waals surface area contributed by atoms with Crippen LogP contribution in [0.2, 0.25) is 0 Å². The van der Waals surface area contributed by atoms with Crippen LogP contribution in [0, 0.1) is 5.82 Å². The summed E-state index contributed by atoms with van der Waals surface area (Å²) in [4.78, 5) is 35.1. The Morgan fingerprint density at radius 1 is 1.04 bits per heavy atom. The molecule has 0 saturated heterocycles. The number of anilines is 1. The van der Waals surface area contributed by atoms with Gasteiger partial charge in [-0.05, 0) is 24.1 Å². The molecule has 0 heterocycles. The molecule has 2 rings (SSSR count). The van der Waals surface area contributed by atoms with Crippen LogP contribution in [0.1, 0.15) is 18.4 Å². The molecule has 0 fully saturated rings. The maximum atomic E-state index is 13.7. The third kappa shape index (κ3) is 6.77. The fourth-order valence-electron chi connectivity index (χ4n) is 2.23. The lowest BCUT2D eigenvalue weighted by Gasteiger charge is -2.18. The maximum Gasteiger partial charge on any atom is 0.408 e. The molecule has 1 atom stereocenters. The van der Waals surface area contributed by atoms with Crippen LogP contribution in [0.15, 0.2) is 54.6 Å². The molecule has 2 aromatic rings. The molecule has 0 saturated carbocycles. The Kier molecular flexibility index (Phi) is 7.30. The van der Waals surface area contributed by atoms with E-state index in [9.17, 15) is 18.8 Å². The fourth-order valence-corrected chi connectivity index (χ4v) is 2.23.